The predicted octanol–water partition coefficient (Wildman–Crippen LogP) is 2.93. The summed E-state index contributed by atoms with van der Waals surface area (Å²) in [6.45, 7) is 0. The fraction of sp³-hybridized carbons (Fsp3) is 0. The lowest BCUT2D eigenvalue weighted by Gasteiger charge is -1.98. The van der Waals surface area contributed by atoms with Gasteiger partial charge in [-0.1, -0.05) is 12.1 Å². The zero-order valence-corrected chi connectivity index (χ0v) is 9.12. The summed E-state index contributed by atoms with van der Waals surface area (Å²) in [5.74, 6) is -0.0978. The van der Waals surface area contributed by atoms with E-state index in [1.807, 2.05) is 0 Å². The zero-order chi connectivity index (χ0) is 12.5. The summed E-state index contributed by atoms with van der Waals surface area (Å²) in [5.41, 5.74) is 0.430. The Morgan fingerprint density at radius 3 is 2.83 bits per heavy atom. The summed E-state index contributed by atoms with van der Waals surface area (Å²) in [4.78, 5) is 19.1. The van der Waals surface area contributed by atoms with Crippen molar-refractivity contribution < 1.29 is 4.39 Å². The molecule has 2 heterocycles. The van der Waals surface area contributed by atoms with Crippen LogP contribution in [-0.4, -0.2) is 14.4 Å². The van der Waals surface area contributed by atoms with Crippen LogP contribution in [0.1, 0.15) is 0 Å². The zero-order valence-electron chi connectivity index (χ0n) is 9.12. The van der Waals surface area contributed by atoms with Gasteiger partial charge >= 0.3 is 0 Å². The van der Waals surface area contributed by atoms with Crippen LogP contribution in [0.3, 0.4) is 0 Å². The van der Waals surface area contributed by atoms with Gasteiger partial charge in [-0.05, 0) is 23.4 Å². The molecular formula is C12H7FN4O. The summed E-state index contributed by atoms with van der Waals surface area (Å²) in [6.07, 6.45) is 3.15. The van der Waals surface area contributed by atoms with E-state index in [4.69, 9.17) is 0 Å². The number of imidazole rings is 1. The highest BCUT2D eigenvalue weighted by Crippen LogP contribution is 2.31. The van der Waals surface area contributed by atoms with E-state index in [2.05, 4.69) is 15.1 Å². The van der Waals surface area contributed by atoms with Gasteiger partial charge in [-0.3, -0.25) is 4.40 Å². The molecule has 0 unspecified atom stereocenters. The number of hydrogen-bond donors (Lipinski definition) is 0. The fourth-order valence-electron chi connectivity index (χ4n) is 1.80. The molecule has 0 spiro atoms. The Labute approximate surface area is 101 Å². The molecule has 0 saturated heterocycles. The summed E-state index contributed by atoms with van der Waals surface area (Å²) >= 11 is 0. The van der Waals surface area contributed by atoms with Gasteiger partial charge in [0.25, 0.3) is 0 Å². The third kappa shape index (κ3) is 1.46. The minimum atomic E-state index is -0.453. The second-order valence-electron chi connectivity index (χ2n) is 3.64. The number of benzene rings is 1. The molecule has 0 N–H and O–H groups in total. The van der Waals surface area contributed by atoms with Crippen LogP contribution in [0.2, 0.25) is 0 Å². The summed E-state index contributed by atoms with van der Waals surface area (Å²) < 4.78 is 15.1. The second-order valence-corrected chi connectivity index (χ2v) is 3.64. The van der Waals surface area contributed by atoms with Crippen LogP contribution < -0.4 is 0 Å². The Hall–Kier alpha value is -2.63. The van der Waals surface area contributed by atoms with Crippen molar-refractivity contribution >= 4 is 11.6 Å². The SMILES string of the molecule is O=Nc1c(-c2ccccc2F)nc2ncccn12. The predicted molar refractivity (Wildman–Crippen MR) is 63.8 cm³/mol. The molecule has 0 aliphatic rings. The van der Waals surface area contributed by atoms with Crippen molar-refractivity contribution in [1.82, 2.24) is 14.4 Å². The minimum Gasteiger partial charge on any atom is -0.265 e. The molecule has 0 fully saturated rings. The molecule has 0 saturated carbocycles. The van der Waals surface area contributed by atoms with Gasteiger partial charge in [-0.2, -0.15) is 0 Å². The van der Waals surface area contributed by atoms with Crippen molar-refractivity contribution in [2.45, 2.75) is 0 Å². The van der Waals surface area contributed by atoms with E-state index >= 15 is 0 Å². The lowest BCUT2D eigenvalue weighted by molar-refractivity contribution is 0.631. The van der Waals surface area contributed by atoms with Crippen molar-refractivity contribution in [3.63, 3.8) is 0 Å². The Morgan fingerprint density at radius 2 is 2.06 bits per heavy atom. The molecule has 88 valence electrons. The molecule has 0 amide bonds. The first-order chi connectivity index (χ1) is 8.81. The van der Waals surface area contributed by atoms with Crippen LogP contribution in [0.15, 0.2) is 47.9 Å². The molecule has 0 radical (unpaired) electrons. The minimum absolute atomic E-state index is 0.0446. The summed E-state index contributed by atoms with van der Waals surface area (Å²) in [6, 6.07) is 7.74. The van der Waals surface area contributed by atoms with Gasteiger partial charge in [0.15, 0.2) is 0 Å². The van der Waals surface area contributed by atoms with Crippen molar-refractivity contribution in [1.29, 1.82) is 0 Å². The van der Waals surface area contributed by atoms with E-state index < -0.39 is 5.82 Å². The summed E-state index contributed by atoms with van der Waals surface area (Å²) in [5, 5.41) is 2.92. The van der Waals surface area contributed by atoms with E-state index in [0.29, 0.717) is 5.78 Å². The van der Waals surface area contributed by atoms with E-state index in [1.165, 1.54) is 10.5 Å². The number of aromatic nitrogens is 3. The maximum absolute atomic E-state index is 13.7. The lowest BCUT2D eigenvalue weighted by atomic mass is 10.1. The molecule has 0 aliphatic carbocycles. The van der Waals surface area contributed by atoms with Crippen molar-refractivity contribution in [2.24, 2.45) is 5.18 Å². The molecule has 2 aromatic heterocycles. The molecule has 0 atom stereocenters. The van der Waals surface area contributed by atoms with E-state index in [1.54, 1.807) is 36.7 Å². The molecule has 1 aromatic carbocycles. The highest BCUT2D eigenvalue weighted by molar-refractivity contribution is 5.73. The standard InChI is InChI=1S/C12H7FN4O/c13-9-5-2-1-4-8(9)10-11(16-18)17-7-3-6-14-12(17)15-10/h1-7H. The van der Waals surface area contributed by atoms with Gasteiger partial charge in [0, 0.05) is 18.0 Å². The Balaban J connectivity index is 2.36. The molecule has 0 bridgehead atoms. The molecule has 18 heavy (non-hydrogen) atoms. The quantitative estimate of drug-likeness (QED) is 0.649. The van der Waals surface area contributed by atoms with E-state index in [-0.39, 0.29) is 17.1 Å². The molecular weight excluding hydrogens is 235 g/mol. The highest BCUT2D eigenvalue weighted by atomic mass is 19.1. The van der Waals surface area contributed by atoms with Gasteiger partial charge in [0.2, 0.25) is 11.6 Å². The van der Waals surface area contributed by atoms with Crippen molar-refractivity contribution in [3.05, 3.63) is 53.4 Å². The maximum atomic E-state index is 13.7. The van der Waals surface area contributed by atoms with Gasteiger partial charge < -0.3 is 0 Å². The van der Waals surface area contributed by atoms with Crippen LogP contribution in [0.5, 0.6) is 0 Å². The Kier molecular flexibility index (Phi) is 2.33. The Bertz CT molecular complexity index is 738. The van der Waals surface area contributed by atoms with Crippen LogP contribution in [0.4, 0.5) is 10.2 Å². The second kappa shape index (κ2) is 3.99. The van der Waals surface area contributed by atoms with Gasteiger partial charge in [-0.25, -0.2) is 14.4 Å². The average molecular weight is 242 g/mol. The molecule has 3 aromatic rings. The van der Waals surface area contributed by atoms with Crippen LogP contribution in [0, 0.1) is 10.7 Å². The third-order valence-electron chi connectivity index (χ3n) is 2.59. The maximum Gasteiger partial charge on any atom is 0.236 e. The normalized spacial score (nSPS) is 10.7. The fourth-order valence-corrected chi connectivity index (χ4v) is 1.80. The van der Waals surface area contributed by atoms with Crippen LogP contribution >= 0.6 is 0 Å². The molecule has 0 aliphatic heterocycles. The molecule has 5 nitrogen and oxygen atoms in total. The summed E-state index contributed by atoms with van der Waals surface area (Å²) in [7, 11) is 0. The van der Waals surface area contributed by atoms with Crippen molar-refractivity contribution in [2.75, 3.05) is 0 Å². The van der Waals surface area contributed by atoms with Crippen LogP contribution in [0.25, 0.3) is 17.0 Å². The number of hydrogen-bond acceptors (Lipinski definition) is 4. The first-order valence-corrected chi connectivity index (χ1v) is 5.22. The van der Waals surface area contributed by atoms with Crippen molar-refractivity contribution in [3.8, 4) is 11.3 Å². The molecule has 3 rings (SSSR count). The number of nitroso groups, excluding NO2 is 1. The third-order valence-corrected chi connectivity index (χ3v) is 2.59. The molecule has 6 heteroatoms. The largest absolute Gasteiger partial charge is 0.265 e. The van der Waals surface area contributed by atoms with Gasteiger partial charge in [0.05, 0.1) is 0 Å². The van der Waals surface area contributed by atoms with E-state index in [9.17, 15) is 9.30 Å². The first-order valence-electron chi connectivity index (χ1n) is 5.22. The number of fused-ring (bicyclic) bond motifs is 1. The number of nitrogens with zero attached hydrogens (tertiary/aromatic N) is 4. The van der Waals surface area contributed by atoms with Gasteiger partial charge in [-0.15, -0.1) is 4.91 Å². The number of halogens is 1. The highest BCUT2D eigenvalue weighted by Gasteiger charge is 2.17. The van der Waals surface area contributed by atoms with Crippen LogP contribution in [-0.2, 0) is 0 Å². The Morgan fingerprint density at radius 1 is 1.22 bits per heavy atom. The monoisotopic (exact) mass is 242 g/mol. The first kappa shape index (κ1) is 10.5. The smallest absolute Gasteiger partial charge is 0.236 e. The lowest BCUT2D eigenvalue weighted by Crippen LogP contribution is -1.84. The number of rotatable bonds is 2. The van der Waals surface area contributed by atoms with E-state index in [0.717, 1.165) is 0 Å². The van der Waals surface area contributed by atoms with Gasteiger partial charge in [0.1, 0.15) is 11.5 Å². The average Bonchev–Trinajstić information content (AvgIpc) is 2.77. The topological polar surface area (TPSA) is 59.6 Å².